The standard InChI is InChI=1S/C9H15NO6S/c1-17(14,15)5-2-7(11)10-9(8(12)13)3-4-16-6-9/h2-6H2,1H3,(H,10,11)(H,12,13). The molecule has 1 heterocycles. The van der Waals surface area contributed by atoms with Crippen LogP contribution in [0.3, 0.4) is 0 Å². The average molecular weight is 265 g/mol. The Kier molecular flexibility index (Phi) is 4.10. The average Bonchev–Trinajstić information content (AvgIpc) is 2.63. The second-order valence-electron chi connectivity index (χ2n) is 4.12. The predicted octanol–water partition coefficient (Wildman–Crippen LogP) is -1.22. The van der Waals surface area contributed by atoms with Gasteiger partial charge in [0, 0.05) is 25.7 Å². The van der Waals surface area contributed by atoms with Crippen LogP contribution in [0.1, 0.15) is 12.8 Å². The van der Waals surface area contributed by atoms with E-state index < -0.39 is 27.3 Å². The molecule has 0 aromatic carbocycles. The molecule has 2 N–H and O–H groups in total. The van der Waals surface area contributed by atoms with Crippen LogP contribution in [-0.2, 0) is 24.2 Å². The van der Waals surface area contributed by atoms with Crippen LogP contribution >= 0.6 is 0 Å². The minimum Gasteiger partial charge on any atom is -0.479 e. The lowest BCUT2D eigenvalue weighted by molar-refractivity contribution is -0.147. The van der Waals surface area contributed by atoms with Gasteiger partial charge in [-0.3, -0.25) is 4.79 Å². The van der Waals surface area contributed by atoms with E-state index >= 15 is 0 Å². The van der Waals surface area contributed by atoms with Crippen molar-refractivity contribution >= 4 is 21.7 Å². The smallest absolute Gasteiger partial charge is 0.331 e. The fourth-order valence-corrected chi connectivity index (χ4v) is 2.05. The van der Waals surface area contributed by atoms with Gasteiger partial charge in [-0.05, 0) is 0 Å². The van der Waals surface area contributed by atoms with E-state index in [1.54, 1.807) is 0 Å². The molecule has 1 fully saturated rings. The van der Waals surface area contributed by atoms with Crippen molar-refractivity contribution in [3.8, 4) is 0 Å². The molecule has 17 heavy (non-hydrogen) atoms. The van der Waals surface area contributed by atoms with Gasteiger partial charge in [0.05, 0.1) is 12.4 Å². The van der Waals surface area contributed by atoms with Crippen molar-refractivity contribution < 1.29 is 27.9 Å². The van der Waals surface area contributed by atoms with Crippen molar-refractivity contribution in [1.29, 1.82) is 0 Å². The maximum atomic E-state index is 11.5. The van der Waals surface area contributed by atoms with Crippen molar-refractivity contribution in [2.75, 3.05) is 25.2 Å². The highest BCUT2D eigenvalue weighted by Gasteiger charge is 2.43. The summed E-state index contributed by atoms with van der Waals surface area (Å²) in [7, 11) is -3.23. The van der Waals surface area contributed by atoms with Gasteiger partial charge in [0.2, 0.25) is 5.91 Å². The van der Waals surface area contributed by atoms with E-state index in [9.17, 15) is 18.0 Å². The monoisotopic (exact) mass is 265 g/mol. The van der Waals surface area contributed by atoms with Gasteiger partial charge in [-0.15, -0.1) is 0 Å². The van der Waals surface area contributed by atoms with Gasteiger partial charge < -0.3 is 15.2 Å². The van der Waals surface area contributed by atoms with Crippen LogP contribution in [0.2, 0.25) is 0 Å². The first-order valence-electron chi connectivity index (χ1n) is 5.05. The molecule has 1 rings (SSSR count). The minimum atomic E-state index is -3.23. The van der Waals surface area contributed by atoms with E-state index in [0.29, 0.717) is 0 Å². The zero-order chi connectivity index (χ0) is 13.1. The van der Waals surface area contributed by atoms with E-state index in [4.69, 9.17) is 9.84 Å². The minimum absolute atomic E-state index is 0.0903. The molecule has 98 valence electrons. The number of amides is 1. The summed E-state index contributed by atoms with van der Waals surface area (Å²) in [5.74, 6) is -2.05. The summed E-state index contributed by atoms with van der Waals surface area (Å²) in [4.78, 5) is 22.5. The van der Waals surface area contributed by atoms with Crippen LogP contribution in [-0.4, -0.2) is 56.2 Å². The van der Waals surface area contributed by atoms with Gasteiger partial charge in [-0.25, -0.2) is 13.2 Å². The fourth-order valence-electron chi connectivity index (χ4n) is 1.49. The Balaban J connectivity index is 2.57. The molecular weight excluding hydrogens is 250 g/mol. The first kappa shape index (κ1) is 13.9. The topological polar surface area (TPSA) is 110 Å². The molecule has 0 aliphatic carbocycles. The quantitative estimate of drug-likeness (QED) is 0.645. The highest BCUT2D eigenvalue weighted by Crippen LogP contribution is 2.19. The number of carbonyl (C=O) groups excluding carboxylic acids is 1. The maximum Gasteiger partial charge on any atom is 0.331 e. The number of carboxylic acid groups (broad SMARTS) is 1. The normalized spacial score (nSPS) is 24.5. The number of hydrogen-bond donors (Lipinski definition) is 2. The van der Waals surface area contributed by atoms with Gasteiger partial charge in [0.1, 0.15) is 9.84 Å². The Morgan fingerprint density at radius 2 is 2.12 bits per heavy atom. The SMILES string of the molecule is CS(=O)(=O)CCC(=O)NC1(C(=O)O)CCOC1. The number of carbonyl (C=O) groups is 2. The molecule has 0 radical (unpaired) electrons. The Bertz CT molecular complexity index is 409. The second-order valence-corrected chi connectivity index (χ2v) is 6.38. The first-order chi connectivity index (χ1) is 7.75. The third kappa shape index (κ3) is 3.97. The van der Waals surface area contributed by atoms with Crippen LogP contribution in [0.25, 0.3) is 0 Å². The van der Waals surface area contributed by atoms with Crippen LogP contribution in [0.15, 0.2) is 0 Å². The molecule has 7 nitrogen and oxygen atoms in total. The van der Waals surface area contributed by atoms with E-state index in [0.717, 1.165) is 6.26 Å². The van der Waals surface area contributed by atoms with E-state index in [-0.39, 0.29) is 31.8 Å². The van der Waals surface area contributed by atoms with Crippen molar-refractivity contribution in [1.82, 2.24) is 5.32 Å². The van der Waals surface area contributed by atoms with Crippen molar-refractivity contribution in [2.45, 2.75) is 18.4 Å². The largest absolute Gasteiger partial charge is 0.479 e. The Morgan fingerprint density at radius 1 is 1.47 bits per heavy atom. The molecule has 1 atom stereocenters. The summed E-state index contributed by atoms with van der Waals surface area (Å²) >= 11 is 0. The Labute approximate surface area is 99.1 Å². The maximum absolute atomic E-state index is 11.5. The molecule has 1 saturated heterocycles. The Hall–Kier alpha value is -1.15. The summed E-state index contributed by atoms with van der Waals surface area (Å²) in [6.07, 6.45) is 0.965. The highest BCUT2D eigenvalue weighted by atomic mass is 32.2. The summed E-state index contributed by atoms with van der Waals surface area (Å²) in [5, 5.41) is 11.4. The third-order valence-electron chi connectivity index (χ3n) is 2.51. The van der Waals surface area contributed by atoms with Crippen molar-refractivity contribution in [3.63, 3.8) is 0 Å². The van der Waals surface area contributed by atoms with Crippen LogP contribution < -0.4 is 5.32 Å². The lowest BCUT2D eigenvalue weighted by Gasteiger charge is -2.23. The molecule has 1 aliphatic heterocycles. The number of rotatable bonds is 5. The van der Waals surface area contributed by atoms with Gasteiger partial charge in [0.15, 0.2) is 5.54 Å². The predicted molar refractivity (Wildman–Crippen MR) is 58.3 cm³/mol. The Morgan fingerprint density at radius 3 is 2.53 bits per heavy atom. The van der Waals surface area contributed by atoms with Crippen LogP contribution in [0.4, 0.5) is 0 Å². The summed E-state index contributed by atoms with van der Waals surface area (Å²) < 4.78 is 26.7. The summed E-state index contributed by atoms with van der Waals surface area (Å²) in [6, 6.07) is 0. The number of aliphatic carboxylic acids is 1. The summed E-state index contributed by atoms with van der Waals surface area (Å²) in [6.45, 7) is 0.172. The van der Waals surface area contributed by atoms with Gasteiger partial charge >= 0.3 is 5.97 Å². The molecule has 8 heteroatoms. The van der Waals surface area contributed by atoms with Crippen LogP contribution in [0, 0.1) is 0 Å². The number of hydrogen-bond acceptors (Lipinski definition) is 5. The number of carboxylic acids is 1. The second kappa shape index (κ2) is 5.01. The zero-order valence-corrected chi connectivity index (χ0v) is 10.2. The molecule has 0 aromatic rings. The van der Waals surface area contributed by atoms with Crippen molar-refractivity contribution in [2.24, 2.45) is 0 Å². The van der Waals surface area contributed by atoms with Crippen molar-refractivity contribution in [3.05, 3.63) is 0 Å². The van der Waals surface area contributed by atoms with Crippen LogP contribution in [0.5, 0.6) is 0 Å². The van der Waals surface area contributed by atoms with E-state index in [2.05, 4.69) is 5.32 Å². The molecule has 1 amide bonds. The lowest BCUT2D eigenvalue weighted by Crippen LogP contribution is -2.55. The highest BCUT2D eigenvalue weighted by molar-refractivity contribution is 7.90. The molecule has 0 bridgehead atoms. The van der Waals surface area contributed by atoms with E-state index in [1.807, 2.05) is 0 Å². The zero-order valence-electron chi connectivity index (χ0n) is 9.43. The lowest BCUT2D eigenvalue weighted by atomic mass is 9.99. The first-order valence-corrected chi connectivity index (χ1v) is 7.11. The molecule has 0 saturated carbocycles. The molecule has 1 unspecified atom stereocenters. The fraction of sp³-hybridized carbons (Fsp3) is 0.778. The van der Waals surface area contributed by atoms with E-state index in [1.165, 1.54) is 0 Å². The van der Waals surface area contributed by atoms with Gasteiger partial charge in [-0.1, -0.05) is 0 Å². The van der Waals surface area contributed by atoms with Gasteiger partial charge in [0.25, 0.3) is 0 Å². The molecule has 0 spiro atoms. The molecule has 0 aromatic heterocycles. The molecule has 1 aliphatic rings. The number of sulfone groups is 1. The number of ether oxygens (including phenoxy) is 1. The number of nitrogens with one attached hydrogen (secondary N) is 1. The summed E-state index contributed by atoms with van der Waals surface area (Å²) in [5.41, 5.74) is -1.41. The molecular formula is C9H15NO6S. The third-order valence-corrected chi connectivity index (χ3v) is 3.46. The van der Waals surface area contributed by atoms with Gasteiger partial charge in [-0.2, -0.15) is 0 Å².